The number of furan rings is 1. The molecule has 0 aliphatic heterocycles. The first kappa shape index (κ1) is 19.7. The van der Waals surface area contributed by atoms with Gasteiger partial charge in [-0.1, -0.05) is 23.2 Å². The lowest BCUT2D eigenvalue weighted by Gasteiger charge is -2.03. The number of non-ortho nitro benzene ring substituents is 1. The van der Waals surface area contributed by atoms with Gasteiger partial charge in [-0.2, -0.15) is 0 Å². The lowest BCUT2D eigenvalue weighted by Crippen LogP contribution is -1.94. The van der Waals surface area contributed by atoms with E-state index in [1.807, 2.05) is 0 Å². The van der Waals surface area contributed by atoms with Gasteiger partial charge >= 0.3 is 0 Å². The Morgan fingerprint density at radius 2 is 1.82 bits per heavy atom. The average Bonchev–Trinajstić information content (AvgIpc) is 3.15. The number of nitro groups is 1. The van der Waals surface area contributed by atoms with Crippen molar-refractivity contribution in [1.29, 1.82) is 0 Å². The molecule has 8 heteroatoms. The maximum absolute atomic E-state index is 12.2. The third kappa shape index (κ3) is 5.00. The van der Waals surface area contributed by atoms with Crippen molar-refractivity contribution in [2.45, 2.75) is 6.61 Å². The molecule has 0 aliphatic rings. The van der Waals surface area contributed by atoms with Crippen LogP contribution < -0.4 is 4.74 Å². The first-order chi connectivity index (χ1) is 13.4. The third-order valence-corrected chi connectivity index (χ3v) is 4.45. The van der Waals surface area contributed by atoms with E-state index < -0.39 is 4.92 Å². The zero-order valence-electron chi connectivity index (χ0n) is 14.3. The molecule has 0 aliphatic carbocycles. The molecule has 1 heterocycles. The van der Waals surface area contributed by atoms with Crippen molar-refractivity contribution in [2.75, 3.05) is 0 Å². The zero-order chi connectivity index (χ0) is 20.1. The molecule has 0 unspecified atom stereocenters. The highest BCUT2D eigenvalue weighted by molar-refractivity contribution is 6.42. The van der Waals surface area contributed by atoms with E-state index in [4.69, 9.17) is 32.4 Å². The number of nitrogens with zero attached hydrogens (tertiary/aromatic N) is 1. The Morgan fingerprint density at radius 3 is 2.50 bits per heavy atom. The highest BCUT2D eigenvalue weighted by Crippen LogP contribution is 2.23. The van der Waals surface area contributed by atoms with Gasteiger partial charge in [0.2, 0.25) is 0 Å². The fourth-order valence-corrected chi connectivity index (χ4v) is 2.58. The van der Waals surface area contributed by atoms with Crippen LogP contribution >= 0.6 is 23.2 Å². The molecular weight excluding hydrogens is 405 g/mol. The van der Waals surface area contributed by atoms with Crippen molar-refractivity contribution in [3.8, 4) is 5.75 Å². The predicted molar refractivity (Wildman–Crippen MR) is 106 cm³/mol. The van der Waals surface area contributed by atoms with Gasteiger partial charge in [0.25, 0.3) is 5.69 Å². The van der Waals surface area contributed by atoms with Crippen LogP contribution in [0.25, 0.3) is 6.08 Å². The summed E-state index contributed by atoms with van der Waals surface area (Å²) in [6.07, 6.45) is 2.92. The molecule has 28 heavy (non-hydrogen) atoms. The number of benzene rings is 2. The van der Waals surface area contributed by atoms with Crippen molar-refractivity contribution in [3.63, 3.8) is 0 Å². The number of rotatable bonds is 7. The Hall–Kier alpha value is -3.09. The minimum Gasteiger partial charge on any atom is -0.486 e. The number of hydrogen-bond acceptors (Lipinski definition) is 5. The summed E-state index contributed by atoms with van der Waals surface area (Å²) in [6.45, 7) is 0.145. The second-order valence-electron chi connectivity index (χ2n) is 5.67. The number of nitro benzene ring substituents is 1. The summed E-state index contributed by atoms with van der Waals surface area (Å²) < 4.78 is 11.1. The molecule has 0 bridgehead atoms. The van der Waals surface area contributed by atoms with Crippen molar-refractivity contribution in [1.82, 2.24) is 0 Å². The molecule has 3 aromatic rings. The minimum atomic E-state index is -0.478. The van der Waals surface area contributed by atoms with E-state index in [0.717, 1.165) is 0 Å². The molecule has 3 rings (SSSR count). The second-order valence-corrected chi connectivity index (χ2v) is 6.48. The second kappa shape index (κ2) is 8.73. The van der Waals surface area contributed by atoms with Gasteiger partial charge < -0.3 is 9.15 Å². The minimum absolute atomic E-state index is 0.00980. The van der Waals surface area contributed by atoms with Crippen molar-refractivity contribution < 1.29 is 18.9 Å². The van der Waals surface area contributed by atoms with Crippen LogP contribution in [0.5, 0.6) is 5.75 Å². The highest BCUT2D eigenvalue weighted by Gasteiger charge is 2.07. The lowest BCUT2D eigenvalue weighted by molar-refractivity contribution is -0.384. The van der Waals surface area contributed by atoms with E-state index in [2.05, 4.69) is 0 Å². The van der Waals surface area contributed by atoms with Gasteiger partial charge in [0, 0.05) is 17.7 Å². The van der Waals surface area contributed by atoms with Gasteiger partial charge in [0.15, 0.2) is 5.78 Å². The number of allylic oxidation sites excluding steroid dienone is 1. The smallest absolute Gasteiger partial charge is 0.269 e. The summed E-state index contributed by atoms with van der Waals surface area (Å²) in [5, 5.41) is 11.3. The molecule has 0 fully saturated rings. The first-order valence-corrected chi connectivity index (χ1v) is 8.81. The van der Waals surface area contributed by atoms with Crippen LogP contribution in [0.1, 0.15) is 21.9 Å². The maximum Gasteiger partial charge on any atom is 0.269 e. The zero-order valence-corrected chi connectivity index (χ0v) is 15.8. The quantitative estimate of drug-likeness (QED) is 0.204. The normalized spacial score (nSPS) is 10.9. The Bertz CT molecular complexity index is 1040. The fraction of sp³-hybridized carbons (Fsp3) is 0.0500. The molecule has 0 atom stereocenters. The number of ketones is 1. The summed E-state index contributed by atoms with van der Waals surface area (Å²) in [5.74, 6) is 1.27. The molecule has 0 N–H and O–H groups in total. The number of halogens is 2. The topological polar surface area (TPSA) is 82.6 Å². The number of carbonyl (C=O) groups excluding carboxylic acids is 1. The van der Waals surface area contributed by atoms with Crippen LogP contribution in [-0.4, -0.2) is 10.7 Å². The summed E-state index contributed by atoms with van der Waals surface area (Å²) >= 11 is 11.8. The van der Waals surface area contributed by atoms with Crippen molar-refractivity contribution in [3.05, 3.63) is 97.9 Å². The Balaban J connectivity index is 1.58. The van der Waals surface area contributed by atoms with Gasteiger partial charge in [0.1, 0.15) is 23.9 Å². The van der Waals surface area contributed by atoms with Gasteiger partial charge in [-0.15, -0.1) is 0 Å². The predicted octanol–water partition coefficient (Wildman–Crippen LogP) is 5.97. The largest absolute Gasteiger partial charge is 0.486 e. The molecule has 1 aromatic heterocycles. The van der Waals surface area contributed by atoms with Gasteiger partial charge in [-0.3, -0.25) is 14.9 Å². The molecule has 0 saturated heterocycles. The SMILES string of the molecule is O=C(/C=C/c1ccc(COc2ccc([N+](=O)[O-])cc2)o1)c1ccc(Cl)c(Cl)c1. The summed E-state index contributed by atoms with van der Waals surface area (Å²) in [4.78, 5) is 22.3. The number of ether oxygens (including phenoxy) is 1. The van der Waals surface area contributed by atoms with Crippen molar-refractivity contribution >= 4 is 40.7 Å². The molecule has 6 nitrogen and oxygen atoms in total. The van der Waals surface area contributed by atoms with Crippen LogP contribution in [0.3, 0.4) is 0 Å². The molecule has 142 valence electrons. The molecule has 0 radical (unpaired) electrons. The van der Waals surface area contributed by atoms with Crippen LogP contribution in [0.15, 0.2) is 65.1 Å². The molecular formula is C20H13Cl2NO5. The van der Waals surface area contributed by atoms with Gasteiger partial charge in [0.05, 0.1) is 15.0 Å². The lowest BCUT2D eigenvalue weighted by atomic mass is 10.1. The van der Waals surface area contributed by atoms with Crippen LogP contribution in [-0.2, 0) is 6.61 Å². The number of carbonyl (C=O) groups is 1. The highest BCUT2D eigenvalue weighted by atomic mass is 35.5. The van der Waals surface area contributed by atoms with Crippen molar-refractivity contribution in [2.24, 2.45) is 0 Å². The first-order valence-electron chi connectivity index (χ1n) is 8.06. The maximum atomic E-state index is 12.2. The Labute approximate surface area is 170 Å². The third-order valence-electron chi connectivity index (χ3n) is 3.71. The molecule has 2 aromatic carbocycles. The summed E-state index contributed by atoms with van der Waals surface area (Å²) in [5.41, 5.74) is 0.406. The van der Waals surface area contributed by atoms with Crippen LogP contribution in [0.4, 0.5) is 5.69 Å². The fourth-order valence-electron chi connectivity index (χ4n) is 2.28. The molecule has 0 amide bonds. The summed E-state index contributed by atoms with van der Waals surface area (Å²) in [7, 11) is 0. The van der Waals surface area contributed by atoms with E-state index in [1.165, 1.54) is 36.4 Å². The van der Waals surface area contributed by atoms with E-state index in [-0.39, 0.29) is 18.1 Å². The van der Waals surface area contributed by atoms with Gasteiger partial charge in [-0.05, 0) is 54.6 Å². The van der Waals surface area contributed by atoms with E-state index in [1.54, 1.807) is 30.3 Å². The van der Waals surface area contributed by atoms with Crippen LogP contribution in [0, 0.1) is 10.1 Å². The average molecular weight is 418 g/mol. The summed E-state index contributed by atoms with van der Waals surface area (Å²) in [6, 6.07) is 13.8. The number of hydrogen-bond donors (Lipinski definition) is 0. The monoisotopic (exact) mass is 417 g/mol. The van der Waals surface area contributed by atoms with Crippen LogP contribution in [0.2, 0.25) is 10.0 Å². The Morgan fingerprint density at radius 1 is 1.07 bits per heavy atom. The Kier molecular flexibility index (Phi) is 6.13. The van der Waals surface area contributed by atoms with E-state index in [9.17, 15) is 14.9 Å². The standard InChI is InChI=1S/C20H13Cl2NO5/c21-18-9-1-13(11-19(18)22)20(24)10-8-16-6-7-17(28-16)12-27-15-4-2-14(3-5-15)23(25)26/h1-11H,12H2/b10-8+. The van der Waals surface area contributed by atoms with E-state index in [0.29, 0.717) is 32.9 Å². The van der Waals surface area contributed by atoms with E-state index >= 15 is 0 Å². The molecule has 0 saturated carbocycles. The van der Waals surface area contributed by atoms with Gasteiger partial charge in [-0.25, -0.2) is 0 Å². The molecule has 0 spiro atoms.